The predicted molar refractivity (Wildman–Crippen MR) is 106 cm³/mol. The van der Waals surface area contributed by atoms with Crippen LogP contribution >= 0.6 is 11.6 Å². The quantitative estimate of drug-likeness (QED) is 0.573. The summed E-state index contributed by atoms with van der Waals surface area (Å²) in [5, 5.41) is 0.669. The third-order valence-electron chi connectivity index (χ3n) is 4.30. The van der Waals surface area contributed by atoms with E-state index in [2.05, 4.69) is 4.98 Å². The highest BCUT2D eigenvalue weighted by atomic mass is 35.5. The minimum absolute atomic E-state index is 0.270. The van der Waals surface area contributed by atoms with E-state index in [0.717, 1.165) is 11.4 Å². The monoisotopic (exact) mass is 401 g/mol. The number of amides is 1. The summed E-state index contributed by atoms with van der Waals surface area (Å²) in [6.45, 7) is 1.61. The van der Waals surface area contributed by atoms with E-state index < -0.39 is 5.82 Å². The van der Waals surface area contributed by atoms with Crippen molar-refractivity contribution in [2.24, 2.45) is 0 Å². The lowest BCUT2D eigenvalue weighted by atomic mass is 10.2. The zero-order valence-corrected chi connectivity index (χ0v) is 16.3. The fourth-order valence-corrected chi connectivity index (χ4v) is 3.11. The number of carbonyl (C=O) groups is 1. The van der Waals surface area contributed by atoms with Gasteiger partial charge >= 0.3 is 0 Å². The van der Waals surface area contributed by atoms with Gasteiger partial charge in [0, 0.05) is 43.2 Å². The van der Waals surface area contributed by atoms with Crippen molar-refractivity contribution in [2.45, 2.75) is 13.1 Å². The Bertz CT molecular complexity index is 945. The molecule has 0 aliphatic carbocycles. The summed E-state index contributed by atoms with van der Waals surface area (Å²) in [6, 6.07) is 13.3. The molecule has 3 aromatic rings. The molecule has 0 saturated carbocycles. The highest BCUT2D eigenvalue weighted by Gasteiger charge is 2.19. The van der Waals surface area contributed by atoms with Gasteiger partial charge in [0.05, 0.1) is 13.2 Å². The van der Waals surface area contributed by atoms with Crippen molar-refractivity contribution in [3.63, 3.8) is 0 Å². The minimum atomic E-state index is -0.444. The van der Waals surface area contributed by atoms with Crippen LogP contribution in [0.5, 0.6) is 0 Å². The van der Waals surface area contributed by atoms with Crippen molar-refractivity contribution in [1.29, 1.82) is 0 Å². The zero-order chi connectivity index (χ0) is 19.9. The smallest absolute Gasteiger partial charge is 0.254 e. The molecule has 2 aromatic carbocycles. The van der Waals surface area contributed by atoms with E-state index in [1.807, 2.05) is 35.0 Å². The van der Waals surface area contributed by atoms with Gasteiger partial charge in [-0.1, -0.05) is 29.8 Å². The number of hydrogen-bond acceptors (Lipinski definition) is 3. The van der Waals surface area contributed by atoms with Crippen LogP contribution in [0.25, 0.3) is 0 Å². The topological polar surface area (TPSA) is 47.4 Å². The average molecular weight is 402 g/mol. The van der Waals surface area contributed by atoms with Crippen molar-refractivity contribution in [3.05, 3.63) is 88.7 Å². The van der Waals surface area contributed by atoms with Crippen molar-refractivity contribution in [1.82, 2.24) is 14.5 Å². The lowest BCUT2D eigenvalue weighted by molar-refractivity contribution is 0.0673. The molecule has 5 nitrogen and oxygen atoms in total. The van der Waals surface area contributed by atoms with E-state index in [-0.39, 0.29) is 12.5 Å². The Hall–Kier alpha value is -2.70. The molecule has 1 heterocycles. The van der Waals surface area contributed by atoms with Gasteiger partial charge in [0.25, 0.3) is 5.91 Å². The number of aromatic nitrogens is 2. The van der Waals surface area contributed by atoms with Gasteiger partial charge in [0.1, 0.15) is 11.6 Å². The maximum absolute atomic E-state index is 13.5. The molecule has 0 aliphatic rings. The number of rotatable bonds is 8. The van der Waals surface area contributed by atoms with Crippen molar-refractivity contribution >= 4 is 17.5 Å². The van der Waals surface area contributed by atoms with Gasteiger partial charge in [-0.05, 0) is 35.9 Å². The normalized spacial score (nSPS) is 10.8. The van der Waals surface area contributed by atoms with E-state index in [1.54, 1.807) is 24.3 Å². The Balaban J connectivity index is 1.80. The lowest BCUT2D eigenvalue weighted by Gasteiger charge is -2.23. The van der Waals surface area contributed by atoms with Crippen LogP contribution in [-0.2, 0) is 17.8 Å². The van der Waals surface area contributed by atoms with E-state index in [0.29, 0.717) is 30.3 Å². The number of benzene rings is 2. The lowest BCUT2D eigenvalue weighted by Crippen LogP contribution is -2.34. The molecule has 0 N–H and O–H groups in total. The SMILES string of the molecule is COCCN(Cc1nccn1Cc1cccc(Cl)c1)C(=O)c1cccc(F)c1. The first kappa shape index (κ1) is 20.0. The van der Waals surface area contributed by atoms with Gasteiger partial charge < -0.3 is 14.2 Å². The molecular weight excluding hydrogens is 381 g/mol. The number of hydrogen-bond donors (Lipinski definition) is 0. The Kier molecular flexibility index (Phi) is 6.79. The fraction of sp³-hybridized carbons (Fsp3) is 0.238. The van der Waals surface area contributed by atoms with Crippen molar-refractivity contribution in [2.75, 3.05) is 20.3 Å². The van der Waals surface area contributed by atoms with E-state index in [9.17, 15) is 9.18 Å². The number of methoxy groups -OCH3 is 1. The van der Waals surface area contributed by atoms with Gasteiger partial charge in [-0.25, -0.2) is 9.37 Å². The molecule has 0 bridgehead atoms. The molecule has 146 valence electrons. The van der Waals surface area contributed by atoms with Gasteiger partial charge in [0.15, 0.2) is 0 Å². The van der Waals surface area contributed by atoms with E-state index in [4.69, 9.17) is 16.3 Å². The maximum atomic E-state index is 13.5. The molecule has 1 aromatic heterocycles. The first-order valence-electron chi connectivity index (χ1n) is 8.85. The molecule has 0 fully saturated rings. The van der Waals surface area contributed by atoms with Crippen LogP contribution in [0.4, 0.5) is 4.39 Å². The molecular formula is C21H21ClFN3O2. The number of ether oxygens (including phenoxy) is 1. The molecule has 0 atom stereocenters. The first-order chi connectivity index (χ1) is 13.6. The first-order valence-corrected chi connectivity index (χ1v) is 9.23. The number of nitrogens with zero attached hydrogens (tertiary/aromatic N) is 3. The van der Waals surface area contributed by atoms with Crippen LogP contribution in [0, 0.1) is 5.82 Å². The summed E-state index contributed by atoms with van der Waals surface area (Å²) < 4.78 is 20.6. The second-order valence-corrected chi connectivity index (χ2v) is 6.77. The second kappa shape index (κ2) is 9.48. The Morgan fingerprint density at radius 3 is 2.82 bits per heavy atom. The molecule has 28 heavy (non-hydrogen) atoms. The second-order valence-electron chi connectivity index (χ2n) is 6.33. The Morgan fingerprint density at radius 1 is 1.25 bits per heavy atom. The van der Waals surface area contributed by atoms with Crippen LogP contribution in [0.1, 0.15) is 21.7 Å². The van der Waals surface area contributed by atoms with Gasteiger partial charge in [-0.2, -0.15) is 0 Å². The fourth-order valence-electron chi connectivity index (χ4n) is 2.90. The molecule has 0 radical (unpaired) electrons. The summed E-state index contributed by atoms with van der Waals surface area (Å²) in [4.78, 5) is 18.9. The van der Waals surface area contributed by atoms with Crippen LogP contribution in [0.2, 0.25) is 5.02 Å². The van der Waals surface area contributed by atoms with Gasteiger partial charge in [-0.3, -0.25) is 4.79 Å². The van der Waals surface area contributed by atoms with Gasteiger partial charge in [-0.15, -0.1) is 0 Å². The third-order valence-corrected chi connectivity index (χ3v) is 4.54. The molecule has 7 heteroatoms. The number of halogens is 2. The van der Waals surface area contributed by atoms with Crippen LogP contribution in [0.15, 0.2) is 60.9 Å². The minimum Gasteiger partial charge on any atom is -0.383 e. The molecule has 0 unspecified atom stereocenters. The van der Waals surface area contributed by atoms with Crippen LogP contribution in [0.3, 0.4) is 0 Å². The standard InChI is InChI=1S/C21H21ClFN3O2/c1-28-11-10-26(21(27)17-5-3-7-19(23)13-17)15-20-24-8-9-25(20)14-16-4-2-6-18(22)12-16/h2-9,12-13H,10-11,14-15H2,1H3. The molecule has 0 aliphatic heterocycles. The predicted octanol–water partition coefficient (Wildman–Crippen LogP) is 4.01. The summed E-state index contributed by atoms with van der Waals surface area (Å²) in [6.07, 6.45) is 3.55. The largest absolute Gasteiger partial charge is 0.383 e. The molecule has 0 spiro atoms. The summed E-state index contributed by atoms with van der Waals surface area (Å²) in [5.41, 5.74) is 1.33. The van der Waals surface area contributed by atoms with Crippen LogP contribution < -0.4 is 0 Å². The Labute approximate surface area is 168 Å². The average Bonchev–Trinajstić information content (AvgIpc) is 3.11. The highest BCUT2D eigenvalue weighted by Crippen LogP contribution is 2.15. The summed E-state index contributed by atoms with van der Waals surface area (Å²) in [5.74, 6) is 0.00897. The molecule has 3 rings (SSSR count). The number of carbonyl (C=O) groups excluding carboxylic acids is 1. The maximum Gasteiger partial charge on any atom is 0.254 e. The van der Waals surface area contributed by atoms with E-state index >= 15 is 0 Å². The highest BCUT2D eigenvalue weighted by molar-refractivity contribution is 6.30. The van der Waals surface area contributed by atoms with Gasteiger partial charge in [0.2, 0.25) is 0 Å². The van der Waals surface area contributed by atoms with Crippen LogP contribution in [-0.4, -0.2) is 40.6 Å². The zero-order valence-electron chi connectivity index (χ0n) is 15.5. The van der Waals surface area contributed by atoms with Crippen molar-refractivity contribution < 1.29 is 13.9 Å². The van der Waals surface area contributed by atoms with Crippen molar-refractivity contribution in [3.8, 4) is 0 Å². The summed E-state index contributed by atoms with van der Waals surface area (Å²) in [7, 11) is 1.57. The summed E-state index contributed by atoms with van der Waals surface area (Å²) >= 11 is 6.07. The molecule has 1 amide bonds. The van der Waals surface area contributed by atoms with E-state index in [1.165, 1.54) is 18.2 Å². The number of imidazole rings is 1. The third kappa shape index (κ3) is 5.18. The molecule has 0 saturated heterocycles. The Morgan fingerprint density at radius 2 is 2.07 bits per heavy atom.